The Morgan fingerprint density at radius 3 is 2.17 bits per heavy atom. The summed E-state index contributed by atoms with van der Waals surface area (Å²) in [5.74, 6) is -0.371. The highest BCUT2D eigenvalue weighted by atomic mass is 16.5. The maximum Gasteiger partial charge on any atom is 0.237 e. The number of ketones is 1. The SMILES string of the molecule is CCC(C)C(N)C(=O)NC(CCc1ccccc1)C(=O)COCc1ccccc1. The number of hydrogen-bond donors (Lipinski definition) is 2. The molecule has 3 atom stereocenters. The van der Waals surface area contributed by atoms with Gasteiger partial charge in [-0.2, -0.15) is 0 Å². The molecule has 3 unspecified atom stereocenters. The number of aryl methyl sites for hydroxylation is 1. The van der Waals surface area contributed by atoms with Crippen molar-refractivity contribution >= 4 is 11.7 Å². The van der Waals surface area contributed by atoms with Gasteiger partial charge in [0.25, 0.3) is 0 Å². The molecule has 2 aromatic rings. The first-order valence-electron chi connectivity index (χ1n) is 10.3. The number of hydrogen-bond acceptors (Lipinski definition) is 4. The first-order chi connectivity index (χ1) is 14.0. The van der Waals surface area contributed by atoms with Crippen molar-refractivity contribution in [3.8, 4) is 0 Å². The Hall–Kier alpha value is -2.50. The van der Waals surface area contributed by atoms with E-state index in [1.165, 1.54) is 0 Å². The maximum absolute atomic E-state index is 12.8. The highest BCUT2D eigenvalue weighted by Crippen LogP contribution is 2.10. The summed E-state index contributed by atoms with van der Waals surface area (Å²) in [5.41, 5.74) is 8.17. The van der Waals surface area contributed by atoms with E-state index in [1.54, 1.807) is 0 Å². The second-order valence-electron chi connectivity index (χ2n) is 7.44. The van der Waals surface area contributed by atoms with Gasteiger partial charge in [-0.1, -0.05) is 80.9 Å². The van der Waals surface area contributed by atoms with E-state index < -0.39 is 12.1 Å². The normalized spacial score (nSPS) is 14.0. The largest absolute Gasteiger partial charge is 0.369 e. The van der Waals surface area contributed by atoms with Gasteiger partial charge in [0.1, 0.15) is 6.61 Å². The number of nitrogens with one attached hydrogen (secondary N) is 1. The molecule has 0 fully saturated rings. The molecule has 0 aliphatic carbocycles. The van der Waals surface area contributed by atoms with Gasteiger partial charge in [0.15, 0.2) is 5.78 Å². The first-order valence-corrected chi connectivity index (χ1v) is 10.3. The molecule has 0 saturated carbocycles. The van der Waals surface area contributed by atoms with Crippen LogP contribution in [0.2, 0.25) is 0 Å². The highest BCUT2D eigenvalue weighted by Gasteiger charge is 2.26. The third kappa shape index (κ3) is 7.80. The van der Waals surface area contributed by atoms with Crippen LogP contribution < -0.4 is 11.1 Å². The van der Waals surface area contributed by atoms with Crippen molar-refractivity contribution in [2.45, 2.75) is 51.8 Å². The van der Waals surface area contributed by atoms with E-state index >= 15 is 0 Å². The predicted molar refractivity (Wildman–Crippen MR) is 115 cm³/mol. The van der Waals surface area contributed by atoms with Crippen LogP contribution in [-0.4, -0.2) is 30.4 Å². The van der Waals surface area contributed by atoms with Gasteiger partial charge in [-0.05, 0) is 29.9 Å². The Morgan fingerprint density at radius 2 is 1.59 bits per heavy atom. The summed E-state index contributed by atoms with van der Waals surface area (Å²) in [5, 5.41) is 2.86. The molecule has 1 amide bonds. The molecule has 29 heavy (non-hydrogen) atoms. The molecule has 3 N–H and O–H groups in total. The molecule has 0 bridgehead atoms. The van der Waals surface area contributed by atoms with Crippen molar-refractivity contribution in [3.63, 3.8) is 0 Å². The summed E-state index contributed by atoms with van der Waals surface area (Å²) < 4.78 is 5.59. The minimum absolute atomic E-state index is 0.0484. The zero-order valence-corrected chi connectivity index (χ0v) is 17.3. The summed E-state index contributed by atoms with van der Waals surface area (Å²) >= 11 is 0. The fourth-order valence-corrected chi connectivity index (χ4v) is 2.99. The van der Waals surface area contributed by atoms with E-state index in [1.807, 2.05) is 74.5 Å². The zero-order chi connectivity index (χ0) is 21.1. The lowest BCUT2D eigenvalue weighted by Crippen LogP contribution is -2.51. The van der Waals surface area contributed by atoms with Gasteiger partial charge in [0, 0.05) is 0 Å². The molecule has 0 aliphatic heterocycles. The molecular weight excluding hydrogens is 364 g/mol. The molecular formula is C24H32N2O3. The minimum Gasteiger partial charge on any atom is -0.369 e. The number of benzene rings is 2. The lowest BCUT2D eigenvalue weighted by atomic mass is 9.97. The lowest BCUT2D eigenvalue weighted by molar-refractivity contribution is -0.131. The van der Waals surface area contributed by atoms with Crippen LogP contribution >= 0.6 is 0 Å². The third-order valence-corrected chi connectivity index (χ3v) is 5.19. The summed E-state index contributed by atoms with van der Waals surface area (Å²) in [6.45, 7) is 4.24. The number of nitrogens with two attached hydrogens (primary N) is 1. The fourth-order valence-electron chi connectivity index (χ4n) is 2.99. The third-order valence-electron chi connectivity index (χ3n) is 5.19. The first kappa shape index (κ1) is 22.8. The van der Waals surface area contributed by atoms with Gasteiger partial charge in [0.2, 0.25) is 5.91 Å². The second-order valence-corrected chi connectivity index (χ2v) is 7.44. The van der Waals surface area contributed by atoms with Crippen LogP contribution in [0.4, 0.5) is 0 Å². The van der Waals surface area contributed by atoms with Gasteiger partial charge in [-0.25, -0.2) is 0 Å². The van der Waals surface area contributed by atoms with Gasteiger partial charge in [-0.3, -0.25) is 9.59 Å². The van der Waals surface area contributed by atoms with E-state index in [0.29, 0.717) is 19.4 Å². The molecule has 2 aromatic carbocycles. The molecule has 5 heteroatoms. The molecule has 156 valence electrons. The van der Waals surface area contributed by atoms with Crippen molar-refractivity contribution in [1.82, 2.24) is 5.32 Å². The average Bonchev–Trinajstić information content (AvgIpc) is 2.76. The lowest BCUT2D eigenvalue weighted by Gasteiger charge is -2.23. The minimum atomic E-state index is -0.628. The average molecular weight is 397 g/mol. The van der Waals surface area contributed by atoms with E-state index in [-0.39, 0.29) is 24.2 Å². The summed E-state index contributed by atoms with van der Waals surface area (Å²) in [6, 6.07) is 18.4. The Kier molecular flexibility index (Phi) is 9.54. The summed E-state index contributed by atoms with van der Waals surface area (Å²) in [7, 11) is 0. The van der Waals surface area contributed by atoms with Crippen molar-refractivity contribution < 1.29 is 14.3 Å². The Labute approximate surface area is 173 Å². The van der Waals surface area contributed by atoms with Crippen LogP contribution in [0.25, 0.3) is 0 Å². The van der Waals surface area contributed by atoms with Gasteiger partial charge in [-0.15, -0.1) is 0 Å². The Morgan fingerprint density at radius 1 is 1.00 bits per heavy atom. The molecule has 5 nitrogen and oxygen atoms in total. The molecule has 0 aliphatic rings. The number of carbonyl (C=O) groups is 2. The van der Waals surface area contributed by atoms with Crippen molar-refractivity contribution in [2.75, 3.05) is 6.61 Å². The van der Waals surface area contributed by atoms with E-state index in [9.17, 15) is 9.59 Å². The molecule has 0 saturated heterocycles. The topological polar surface area (TPSA) is 81.4 Å². The van der Waals surface area contributed by atoms with Gasteiger partial charge >= 0.3 is 0 Å². The fraction of sp³-hybridized carbons (Fsp3) is 0.417. The van der Waals surface area contributed by atoms with Crippen LogP contribution in [0.3, 0.4) is 0 Å². The van der Waals surface area contributed by atoms with E-state index in [2.05, 4.69) is 5.32 Å². The molecule has 2 rings (SSSR count). The maximum atomic E-state index is 12.8. The smallest absolute Gasteiger partial charge is 0.237 e. The quantitative estimate of drug-likeness (QED) is 0.577. The van der Waals surface area contributed by atoms with E-state index in [4.69, 9.17) is 10.5 Å². The summed E-state index contributed by atoms with van der Waals surface area (Å²) in [6.07, 6.45) is 2.00. The van der Waals surface area contributed by atoms with Crippen LogP contribution in [0.5, 0.6) is 0 Å². The molecule has 0 aromatic heterocycles. The highest BCUT2D eigenvalue weighted by molar-refractivity contribution is 5.91. The monoisotopic (exact) mass is 396 g/mol. The van der Waals surface area contributed by atoms with Crippen molar-refractivity contribution in [3.05, 3.63) is 71.8 Å². The Bertz CT molecular complexity index is 749. The number of Topliss-reactive ketones (excluding diaryl/α,β-unsaturated/α-hetero) is 1. The van der Waals surface area contributed by atoms with Crippen LogP contribution in [0, 0.1) is 5.92 Å². The zero-order valence-electron chi connectivity index (χ0n) is 17.3. The predicted octanol–water partition coefficient (Wildman–Crippen LogP) is 3.26. The molecule has 0 spiro atoms. The van der Waals surface area contributed by atoms with Gasteiger partial charge in [0.05, 0.1) is 18.7 Å². The standard InChI is InChI=1S/C24H32N2O3/c1-3-18(2)23(25)24(28)26-21(15-14-19-10-6-4-7-11-19)22(27)17-29-16-20-12-8-5-9-13-20/h4-13,18,21,23H,3,14-17,25H2,1-2H3,(H,26,28). The molecule has 0 heterocycles. The number of carbonyl (C=O) groups excluding carboxylic acids is 2. The Balaban J connectivity index is 1.96. The van der Waals surface area contributed by atoms with Crippen LogP contribution in [-0.2, 0) is 27.4 Å². The molecule has 0 radical (unpaired) electrons. The van der Waals surface area contributed by atoms with Crippen LogP contribution in [0.1, 0.15) is 37.8 Å². The van der Waals surface area contributed by atoms with Crippen molar-refractivity contribution in [1.29, 1.82) is 0 Å². The van der Waals surface area contributed by atoms with Gasteiger partial charge < -0.3 is 15.8 Å². The van der Waals surface area contributed by atoms with Crippen molar-refractivity contribution in [2.24, 2.45) is 11.7 Å². The number of amides is 1. The van der Waals surface area contributed by atoms with E-state index in [0.717, 1.165) is 17.5 Å². The number of rotatable bonds is 12. The second kappa shape index (κ2) is 12.1. The number of ether oxygens (including phenoxy) is 1. The van der Waals surface area contributed by atoms with Crippen LogP contribution in [0.15, 0.2) is 60.7 Å². The summed E-state index contributed by atoms with van der Waals surface area (Å²) in [4.78, 5) is 25.3.